The van der Waals surface area contributed by atoms with Gasteiger partial charge in [0.2, 0.25) is 0 Å². The van der Waals surface area contributed by atoms with E-state index < -0.39 is 0 Å². The van der Waals surface area contributed by atoms with Crippen molar-refractivity contribution in [2.45, 2.75) is 6.92 Å². The van der Waals surface area contributed by atoms with Gasteiger partial charge < -0.3 is 5.32 Å². The van der Waals surface area contributed by atoms with E-state index in [0.29, 0.717) is 16.6 Å². The van der Waals surface area contributed by atoms with Crippen molar-refractivity contribution in [3.63, 3.8) is 0 Å². The van der Waals surface area contributed by atoms with Crippen LogP contribution in [0.25, 0.3) is 6.08 Å². The second-order valence-electron chi connectivity index (χ2n) is 5.22. The Hall–Kier alpha value is -2.65. The lowest BCUT2D eigenvalue weighted by atomic mass is 10.1. The quantitative estimate of drug-likeness (QED) is 0.845. The highest BCUT2D eigenvalue weighted by atomic mass is 35.5. The molecule has 114 valence electrons. The number of rotatable bonds is 3. The number of carbonyl (C=O) groups is 1. The number of amides is 1. The first kappa shape index (κ1) is 15.3. The van der Waals surface area contributed by atoms with Crippen molar-refractivity contribution in [3.05, 3.63) is 88.1 Å². The molecule has 0 radical (unpaired) electrons. The largest absolute Gasteiger partial charge is 0.305 e. The summed E-state index contributed by atoms with van der Waals surface area (Å²) in [7, 11) is 0. The fraction of sp³-hybridized carbons (Fsp3) is 0.0526. The van der Waals surface area contributed by atoms with Gasteiger partial charge in [-0.1, -0.05) is 60.1 Å². The molecule has 3 nitrogen and oxygen atoms in total. The zero-order valence-corrected chi connectivity index (χ0v) is 13.3. The number of hydrogen-bond acceptors (Lipinski definition) is 2. The summed E-state index contributed by atoms with van der Waals surface area (Å²) in [6, 6.07) is 17.2. The number of halogens is 1. The number of aliphatic imine (C=N–C) groups is 1. The molecule has 0 saturated heterocycles. The second-order valence-corrected chi connectivity index (χ2v) is 5.63. The topological polar surface area (TPSA) is 41.5 Å². The van der Waals surface area contributed by atoms with Crippen molar-refractivity contribution in [2.24, 2.45) is 4.99 Å². The Labute approximate surface area is 140 Å². The monoisotopic (exact) mass is 322 g/mol. The molecule has 0 aromatic heterocycles. The Kier molecular flexibility index (Phi) is 4.40. The Morgan fingerprint density at radius 3 is 2.52 bits per heavy atom. The van der Waals surface area contributed by atoms with E-state index in [0.717, 1.165) is 16.7 Å². The minimum Gasteiger partial charge on any atom is -0.305 e. The maximum Gasteiger partial charge on any atom is 0.275 e. The lowest BCUT2D eigenvalue weighted by Crippen LogP contribution is -2.25. The highest BCUT2D eigenvalue weighted by Gasteiger charge is 2.22. The van der Waals surface area contributed by atoms with Gasteiger partial charge in [-0.05, 0) is 36.3 Å². The molecular formula is C19H15ClN2O. The Morgan fingerprint density at radius 1 is 1.09 bits per heavy atom. The summed E-state index contributed by atoms with van der Waals surface area (Å²) >= 11 is 6.15. The van der Waals surface area contributed by atoms with Crippen LogP contribution in [0, 0.1) is 0 Å². The molecule has 1 N–H and O–H groups in total. The number of amidine groups is 1. The first-order valence-corrected chi connectivity index (χ1v) is 7.61. The van der Waals surface area contributed by atoms with Gasteiger partial charge in [-0.25, -0.2) is 4.99 Å². The van der Waals surface area contributed by atoms with Crippen molar-refractivity contribution in [1.82, 2.24) is 5.32 Å². The van der Waals surface area contributed by atoms with Crippen LogP contribution in [-0.4, -0.2) is 11.7 Å². The molecule has 0 bridgehead atoms. The molecule has 1 heterocycles. The molecule has 2 aromatic carbocycles. The van der Waals surface area contributed by atoms with Crippen LogP contribution in [0.1, 0.15) is 18.1 Å². The number of nitrogens with one attached hydrogen (secondary N) is 1. The highest BCUT2D eigenvalue weighted by Crippen LogP contribution is 2.20. The number of hydrogen-bond donors (Lipinski definition) is 1. The van der Waals surface area contributed by atoms with Gasteiger partial charge in [0.05, 0.1) is 5.02 Å². The van der Waals surface area contributed by atoms with Crippen LogP contribution in [0.5, 0.6) is 0 Å². The summed E-state index contributed by atoms with van der Waals surface area (Å²) < 4.78 is 0. The van der Waals surface area contributed by atoms with Crippen molar-refractivity contribution in [1.29, 1.82) is 0 Å². The molecule has 0 unspecified atom stereocenters. The van der Waals surface area contributed by atoms with E-state index in [1.54, 1.807) is 12.1 Å². The van der Waals surface area contributed by atoms with Gasteiger partial charge in [-0.2, -0.15) is 0 Å². The third-order valence-electron chi connectivity index (χ3n) is 3.38. The lowest BCUT2D eigenvalue weighted by Gasteiger charge is -2.01. The average Bonchev–Trinajstić information content (AvgIpc) is 2.89. The van der Waals surface area contributed by atoms with Gasteiger partial charge in [0.15, 0.2) is 0 Å². The van der Waals surface area contributed by atoms with E-state index in [1.165, 1.54) is 0 Å². The van der Waals surface area contributed by atoms with Crippen LogP contribution in [0.4, 0.5) is 0 Å². The predicted molar refractivity (Wildman–Crippen MR) is 94.3 cm³/mol. The van der Waals surface area contributed by atoms with E-state index in [9.17, 15) is 4.79 Å². The highest BCUT2D eigenvalue weighted by molar-refractivity contribution is 6.35. The zero-order valence-electron chi connectivity index (χ0n) is 12.6. The Morgan fingerprint density at radius 2 is 1.78 bits per heavy atom. The first-order chi connectivity index (χ1) is 11.1. The molecule has 0 spiro atoms. The number of nitrogens with zero attached hydrogens (tertiary/aromatic N) is 1. The van der Waals surface area contributed by atoms with Gasteiger partial charge in [0, 0.05) is 5.56 Å². The molecule has 1 amide bonds. The maximum atomic E-state index is 12.1. The molecular weight excluding hydrogens is 308 g/mol. The van der Waals surface area contributed by atoms with Gasteiger partial charge in [0.1, 0.15) is 11.5 Å². The van der Waals surface area contributed by atoms with E-state index in [1.807, 2.05) is 61.5 Å². The van der Waals surface area contributed by atoms with Crippen molar-refractivity contribution in [3.8, 4) is 0 Å². The standard InChI is InChI=1S/C19H15ClN2O/c1-13(11-14-7-3-2-4-8-14)12-17-19(23)22-18(21-17)15-9-5-6-10-16(15)20/h2-12H,1H3,(H,21,22,23)/b13-11+,17-12-. The van der Waals surface area contributed by atoms with Gasteiger partial charge >= 0.3 is 0 Å². The summed E-state index contributed by atoms with van der Waals surface area (Å²) in [6.45, 7) is 1.94. The molecule has 0 fully saturated rings. The van der Waals surface area contributed by atoms with E-state index in [-0.39, 0.29) is 5.91 Å². The normalized spacial score (nSPS) is 16.4. The molecule has 1 aliphatic rings. The summed E-state index contributed by atoms with van der Waals surface area (Å²) in [5, 5.41) is 3.32. The van der Waals surface area contributed by atoms with E-state index >= 15 is 0 Å². The summed E-state index contributed by atoms with van der Waals surface area (Å²) in [5.41, 5.74) is 3.13. The van der Waals surface area contributed by atoms with Crippen LogP contribution in [-0.2, 0) is 4.79 Å². The van der Waals surface area contributed by atoms with E-state index in [2.05, 4.69) is 10.3 Å². The third kappa shape index (κ3) is 3.58. The van der Waals surface area contributed by atoms with Crippen LogP contribution in [0.2, 0.25) is 5.02 Å². The smallest absolute Gasteiger partial charge is 0.275 e. The predicted octanol–water partition coefficient (Wildman–Crippen LogP) is 4.20. The molecule has 4 heteroatoms. The minimum atomic E-state index is -0.222. The molecule has 2 aromatic rings. The maximum absolute atomic E-state index is 12.1. The summed E-state index contributed by atoms with van der Waals surface area (Å²) in [4.78, 5) is 16.5. The average molecular weight is 323 g/mol. The number of benzene rings is 2. The van der Waals surface area contributed by atoms with Crippen molar-refractivity contribution < 1.29 is 4.79 Å². The summed E-state index contributed by atoms with van der Waals surface area (Å²) in [6.07, 6.45) is 3.77. The summed E-state index contributed by atoms with van der Waals surface area (Å²) in [5.74, 6) is 0.264. The second kappa shape index (κ2) is 6.63. The molecule has 0 aliphatic carbocycles. The number of carbonyl (C=O) groups excluding carboxylic acids is 1. The van der Waals surface area contributed by atoms with Crippen LogP contribution >= 0.6 is 11.6 Å². The molecule has 0 saturated carbocycles. The fourth-order valence-corrected chi connectivity index (χ4v) is 2.54. The Bertz CT molecular complexity index is 835. The first-order valence-electron chi connectivity index (χ1n) is 7.23. The van der Waals surface area contributed by atoms with Crippen LogP contribution in [0.3, 0.4) is 0 Å². The SMILES string of the molecule is CC(/C=C1\N=C(c2ccccc2Cl)NC1=O)=C\c1ccccc1. The third-order valence-corrected chi connectivity index (χ3v) is 3.71. The lowest BCUT2D eigenvalue weighted by molar-refractivity contribution is -0.115. The van der Waals surface area contributed by atoms with E-state index in [4.69, 9.17) is 11.6 Å². The van der Waals surface area contributed by atoms with Gasteiger partial charge in [-0.3, -0.25) is 4.79 Å². The minimum absolute atomic E-state index is 0.222. The zero-order chi connectivity index (χ0) is 16.2. The van der Waals surface area contributed by atoms with Gasteiger partial charge in [0.25, 0.3) is 5.91 Å². The van der Waals surface area contributed by atoms with Crippen LogP contribution in [0.15, 0.2) is 76.9 Å². The van der Waals surface area contributed by atoms with Crippen LogP contribution < -0.4 is 5.32 Å². The van der Waals surface area contributed by atoms with Gasteiger partial charge in [-0.15, -0.1) is 0 Å². The Balaban J connectivity index is 1.89. The fourth-order valence-electron chi connectivity index (χ4n) is 2.32. The molecule has 23 heavy (non-hydrogen) atoms. The molecule has 3 rings (SSSR count). The molecule has 0 atom stereocenters. The number of allylic oxidation sites excluding steroid dienone is 2. The van der Waals surface area contributed by atoms with Crippen molar-refractivity contribution in [2.75, 3.05) is 0 Å². The molecule has 1 aliphatic heterocycles. The van der Waals surface area contributed by atoms with Crippen molar-refractivity contribution >= 4 is 29.4 Å².